The molecule has 0 aliphatic heterocycles. The van der Waals surface area contributed by atoms with E-state index in [1.165, 1.54) is 16.8 Å². The Bertz CT molecular complexity index is 815. The Morgan fingerprint density at radius 1 is 1.50 bits per heavy atom. The van der Waals surface area contributed by atoms with Crippen molar-refractivity contribution in [2.45, 2.75) is 37.8 Å². The molecule has 3 rings (SSSR count). The van der Waals surface area contributed by atoms with Crippen LogP contribution in [0.5, 0.6) is 5.75 Å². The van der Waals surface area contributed by atoms with Crippen LogP contribution in [0.3, 0.4) is 0 Å². The van der Waals surface area contributed by atoms with Crippen molar-refractivity contribution in [2.75, 3.05) is 12.4 Å². The van der Waals surface area contributed by atoms with Gasteiger partial charge in [-0.1, -0.05) is 0 Å². The average Bonchev–Trinajstić information content (AvgIpc) is 2.49. The van der Waals surface area contributed by atoms with E-state index in [2.05, 4.69) is 17.6 Å². The first kappa shape index (κ1) is 17.2. The third-order valence-corrected chi connectivity index (χ3v) is 4.39. The minimum absolute atomic E-state index is 0.188. The van der Waals surface area contributed by atoms with E-state index in [1.54, 1.807) is 6.92 Å². The molecule has 1 aliphatic carbocycles. The fourth-order valence-electron chi connectivity index (χ4n) is 3.14. The van der Waals surface area contributed by atoms with Crippen molar-refractivity contribution >= 4 is 23.7 Å². The lowest BCUT2D eigenvalue weighted by Gasteiger charge is -2.42. The number of fused-ring (bicyclic) bond motifs is 1. The molecular weight excluding hydrogens is 338 g/mol. The van der Waals surface area contributed by atoms with Gasteiger partial charge < -0.3 is 9.84 Å². The molecule has 0 bridgehead atoms. The van der Waals surface area contributed by atoms with E-state index < -0.39 is 17.6 Å². The van der Waals surface area contributed by atoms with Crippen molar-refractivity contribution in [3.63, 3.8) is 0 Å². The van der Waals surface area contributed by atoms with Crippen molar-refractivity contribution < 1.29 is 18.6 Å². The standard InChI is InChI=1S/C16H18F2N2O3S/c1-16(22)6-9(7-16)20-13(21)5-11(14(17)18)12-4-10(23-2-3-24)8-19-15(12)20/h4-5,8-9,14,22,24H,2-3,6-7H2,1H3. The number of hydrogen-bond acceptors (Lipinski definition) is 5. The van der Waals surface area contributed by atoms with Gasteiger partial charge in [-0.15, -0.1) is 0 Å². The Hall–Kier alpha value is -1.67. The number of nitrogens with zero attached hydrogens (tertiary/aromatic N) is 2. The number of alkyl halides is 2. The van der Waals surface area contributed by atoms with E-state index >= 15 is 0 Å². The maximum atomic E-state index is 13.3. The average molecular weight is 356 g/mol. The summed E-state index contributed by atoms with van der Waals surface area (Å²) in [6.45, 7) is 2.01. The van der Waals surface area contributed by atoms with E-state index in [9.17, 15) is 18.7 Å². The molecule has 2 aromatic heterocycles. The fraction of sp³-hybridized carbons (Fsp3) is 0.500. The molecule has 1 aliphatic rings. The number of halogens is 2. The Kier molecular flexibility index (Phi) is 4.52. The Balaban J connectivity index is 2.14. The summed E-state index contributed by atoms with van der Waals surface area (Å²) in [4.78, 5) is 16.5. The maximum Gasteiger partial charge on any atom is 0.264 e. The highest BCUT2D eigenvalue weighted by Crippen LogP contribution is 2.41. The highest BCUT2D eigenvalue weighted by Gasteiger charge is 2.40. The lowest BCUT2D eigenvalue weighted by Crippen LogP contribution is -2.45. The smallest absolute Gasteiger partial charge is 0.264 e. The van der Waals surface area contributed by atoms with Gasteiger partial charge in [-0.3, -0.25) is 9.36 Å². The zero-order valence-corrected chi connectivity index (χ0v) is 14.0. The third kappa shape index (κ3) is 3.12. The van der Waals surface area contributed by atoms with Gasteiger partial charge in [-0.25, -0.2) is 13.8 Å². The first-order chi connectivity index (χ1) is 11.3. The summed E-state index contributed by atoms with van der Waals surface area (Å²) >= 11 is 4.04. The molecule has 8 heteroatoms. The van der Waals surface area contributed by atoms with E-state index in [0.29, 0.717) is 31.0 Å². The topological polar surface area (TPSA) is 64.4 Å². The summed E-state index contributed by atoms with van der Waals surface area (Å²) in [7, 11) is 0. The Morgan fingerprint density at radius 3 is 2.79 bits per heavy atom. The second kappa shape index (κ2) is 6.33. The van der Waals surface area contributed by atoms with Gasteiger partial charge >= 0.3 is 0 Å². The van der Waals surface area contributed by atoms with Crippen LogP contribution in [-0.4, -0.2) is 32.6 Å². The zero-order chi connectivity index (χ0) is 17.5. The third-order valence-electron chi connectivity index (χ3n) is 4.21. The van der Waals surface area contributed by atoms with E-state index in [0.717, 1.165) is 6.07 Å². The number of pyridine rings is 2. The maximum absolute atomic E-state index is 13.3. The molecule has 1 fully saturated rings. The van der Waals surface area contributed by atoms with Crippen LogP contribution in [0.25, 0.3) is 11.0 Å². The van der Waals surface area contributed by atoms with Gasteiger partial charge in [0.1, 0.15) is 11.4 Å². The highest BCUT2D eigenvalue weighted by atomic mass is 32.1. The molecule has 0 radical (unpaired) electrons. The molecule has 0 unspecified atom stereocenters. The van der Waals surface area contributed by atoms with Gasteiger partial charge in [0, 0.05) is 28.8 Å². The summed E-state index contributed by atoms with van der Waals surface area (Å²) in [5.74, 6) is 0.834. The number of aliphatic hydroxyl groups is 1. The molecule has 0 amide bonds. The summed E-state index contributed by atoms with van der Waals surface area (Å²) in [5.41, 5.74) is -1.54. The zero-order valence-electron chi connectivity index (χ0n) is 13.1. The van der Waals surface area contributed by atoms with Gasteiger partial charge in [-0.05, 0) is 25.8 Å². The summed E-state index contributed by atoms with van der Waals surface area (Å²) in [6.07, 6.45) is -0.611. The first-order valence-electron chi connectivity index (χ1n) is 7.62. The molecule has 130 valence electrons. The molecule has 2 heterocycles. The Labute approximate surface area is 142 Å². The lowest BCUT2D eigenvalue weighted by atomic mass is 9.77. The second-order valence-corrected chi connectivity index (χ2v) is 6.73. The molecular formula is C16H18F2N2O3S. The Morgan fingerprint density at radius 2 is 2.21 bits per heavy atom. The SMILES string of the molecule is CC1(O)CC(n2c(=O)cc(C(F)F)c3cc(OCCS)cnc32)C1. The minimum Gasteiger partial charge on any atom is -0.491 e. The molecule has 2 aromatic rings. The van der Waals surface area contributed by atoms with Gasteiger partial charge in [-0.2, -0.15) is 12.6 Å². The fourth-order valence-corrected chi connectivity index (χ4v) is 3.23. The van der Waals surface area contributed by atoms with Crippen LogP contribution in [0, 0.1) is 0 Å². The van der Waals surface area contributed by atoms with Crippen LogP contribution in [0.15, 0.2) is 23.1 Å². The molecule has 0 aromatic carbocycles. The predicted molar refractivity (Wildman–Crippen MR) is 89.2 cm³/mol. The largest absolute Gasteiger partial charge is 0.491 e. The normalized spacial score (nSPS) is 23.5. The molecule has 5 nitrogen and oxygen atoms in total. The molecule has 1 saturated carbocycles. The first-order valence-corrected chi connectivity index (χ1v) is 8.25. The van der Waals surface area contributed by atoms with Crippen molar-refractivity contribution in [2.24, 2.45) is 0 Å². The van der Waals surface area contributed by atoms with Crippen LogP contribution in [0.1, 0.15) is 37.8 Å². The van der Waals surface area contributed by atoms with Crippen molar-refractivity contribution in [3.05, 3.63) is 34.2 Å². The molecule has 0 spiro atoms. The van der Waals surface area contributed by atoms with Gasteiger partial charge in [0.2, 0.25) is 0 Å². The van der Waals surface area contributed by atoms with Crippen molar-refractivity contribution in [1.29, 1.82) is 0 Å². The second-order valence-electron chi connectivity index (χ2n) is 6.28. The van der Waals surface area contributed by atoms with E-state index in [-0.39, 0.29) is 22.6 Å². The molecule has 0 atom stereocenters. The van der Waals surface area contributed by atoms with Gasteiger partial charge in [0.25, 0.3) is 12.0 Å². The van der Waals surface area contributed by atoms with Gasteiger partial charge in [0.05, 0.1) is 18.4 Å². The number of aromatic nitrogens is 2. The highest BCUT2D eigenvalue weighted by molar-refractivity contribution is 7.80. The molecule has 1 N–H and O–H groups in total. The molecule has 24 heavy (non-hydrogen) atoms. The van der Waals surface area contributed by atoms with Gasteiger partial charge in [0.15, 0.2) is 0 Å². The van der Waals surface area contributed by atoms with Crippen LogP contribution >= 0.6 is 12.6 Å². The predicted octanol–water partition coefficient (Wildman–Crippen LogP) is 2.73. The van der Waals surface area contributed by atoms with Crippen molar-refractivity contribution in [3.8, 4) is 5.75 Å². The summed E-state index contributed by atoms with van der Waals surface area (Å²) < 4.78 is 33.5. The summed E-state index contributed by atoms with van der Waals surface area (Å²) in [6, 6.07) is 2.17. The van der Waals surface area contributed by atoms with Crippen LogP contribution in [-0.2, 0) is 0 Å². The van der Waals surface area contributed by atoms with Crippen LogP contribution in [0.2, 0.25) is 0 Å². The van der Waals surface area contributed by atoms with E-state index in [1.807, 2.05) is 0 Å². The van der Waals surface area contributed by atoms with Crippen LogP contribution < -0.4 is 10.3 Å². The number of ether oxygens (including phenoxy) is 1. The quantitative estimate of drug-likeness (QED) is 0.809. The number of hydrogen-bond donors (Lipinski definition) is 2. The monoisotopic (exact) mass is 356 g/mol. The lowest BCUT2D eigenvalue weighted by molar-refractivity contribution is -0.0507. The number of rotatable bonds is 5. The molecule has 0 saturated heterocycles. The van der Waals surface area contributed by atoms with E-state index in [4.69, 9.17) is 4.74 Å². The number of thiol groups is 1. The minimum atomic E-state index is -2.79. The van der Waals surface area contributed by atoms with Crippen LogP contribution in [0.4, 0.5) is 8.78 Å². The van der Waals surface area contributed by atoms with Crippen molar-refractivity contribution in [1.82, 2.24) is 9.55 Å². The summed E-state index contributed by atoms with van der Waals surface area (Å²) in [5, 5.41) is 10.1.